The normalized spacial score (nSPS) is 12.9. The molecule has 2 unspecified atom stereocenters. The number of amides is 3. The van der Waals surface area contributed by atoms with Crippen LogP contribution >= 0.6 is 0 Å². The molecule has 0 aromatic heterocycles. The van der Waals surface area contributed by atoms with Gasteiger partial charge in [-0.15, -0.1) is 0 Å². The minimum absolute atomic E-state index is 0.116. The molecule has 2 rings (SSSR count). The molecule has 0 aliphatic carbocycles. The van der Waals surface area contributed by atoms with Gasteiger partial charge in [-0.1, -0.05) is 39.0 Å². The first kappa shape index (κ1) is 31.7. The Morgan fingerprint density at radius 3 is 2.13 bits per heavy atom. The van der Waals surface area contributed by atoms with Crippen molar-refractivity contribution in [1.82, 2.24) is 10.2 Å². The molecule has 0 saturated heterocycles. The first-order valence-corrected chi connectivity index (χ1v) is 13.6. The van der Waals surface area contributed by atoms with Crippen molar-refractivity contribution in [3.05, 3.63) is 59.2 Å². The van der Waals surface area contributed by atoms with E-state index in [1.807, 2.05) is 52.8 Å². The molecule has 0 radical (unpaired) electrons. The van der Waals surface area contributed by atoms with Gasteiger partial charge in [0.05, 0.1) is 7.11 Å². The Kier molecular flexibility index (Phi) is 11.4. The van der Waals surface area contributed by atoms with E-state index in [-0.39, 0.29) is 17.7 Å². The molecule has 0 fully saturated rings. The minimum Gasteiger partial charge on any atom is -0.497 e. The summed E-state index contributed by atoms with van der Waals surface area (Å²) in [5, 5.41) is 5.74. The maximum Gasteiger partial charge on any atom is 0.408 e. The van der Waals surface area contributed by atoms with Crippen molar-refractivity contribution in [2.75, 3.05) is 19.0 Å². The van der Waals surface area contributed by atoms with E-state index in [0.717, 1.165) is 11.1 Å². The van der Waals surface area contributed by atoms with Crippen LogP contribution in [0.4, 0.5) is 10.5 Å². The van der Waals surface area contributed by atoms with Gasteiger partial charge in [0.25, 0.3) is 5.91 Å². The van der Waals surface area contributed by atoms with Gasteiger partial charge in [-0.2, -0.15) is 0 Å². The Morgan fingerprint density at radius 1 is 0.974 bits per heavy atom. The van der Waals surface area contributed by atoms with E-state index in [9.17, 15) is 14.4 Å². The third-order valence-electron chi connectivity index (χ3n) is 6.21. The van der Waals surface area contributed by atoms with E-state index >= 15 is 0 Å². The molecular formula is C31H45N3O5. The zero-order chi connectivity index (χ0) is 29.3. The van der Waals surface area contributed by atoms with E-state index in [0.29, 0.717) is 36.4 Å². The minimum atomic E-state index is -0.908. The Hall–Kier alpha value is -3.55. The largest absolute Gasteiger partial charge is 0.497 e. The van der Waals surface area contributed by atoms with Crippen LogP contribution in [0.3, 0.4) is 0 Å². The van der Waals surface area contributed by atoms with E-state index in [1.165, 1.54) is 0 Å². The number of ether oxygens (including phenoxy) is 2. The number of anilines is 1. The Bertz CT molecular complexity index is 1120. The van der Waals surface area contributed by atoms with E-state index in [2.05, 4.69) is 10.6 Å². The third-order valence-corrected chi connectivity index (χ3v) is 6.21. The topological polar surface area (TPSA) is 97.0 Å². The lowest BCUT2D eigenvalue weighted by Gasteiger charge is -2.35. The molecule has 2 aromatic carbocycles. The first-order chi connectivity index (χ1) is 18.2. The molecule has 0 spiro atoms. The maximum absolute atomic E-state index is 14.1. The maximum atomic E-state index is 14.1. The number of carbonyl (C=O) groups is 3. The van der Waals surface area contributed by atoms with Gasteiger partial charge in [-0.3, -0.25) is 9.59 Å². The number of methoxy groups -OCH3 is 1. The number of carbonyl (C=O) groups excluding carboxylic acids is 3. The van der Waals surface area contributed by atoms with Crippen LogP contribution in [0.25, 0.3) is 0 Å². The summed E-state index contributed by atoms with van der Waals surface area (Å²) in [5.74, 6) is 0.118. The van der Waals surface area contributed by atoms with Gasteiger partial charge in [0, 0.05) is 12.2 Å². The van der Waals surface area contributed by atoms with Crippen molar-refractivity contribution in [1.29, 1.82) is 0 Å². The van der Waals surface area contributed by atoms with Crippen LogP contribution in [0.15, 0.2) is 42.5 Å². The summed E-state index contributed by atoms with van der Waals surface area (Å²) in [4.78, 5) is 42.3. The van der Waals surface area contributed by atoms with Gasteiger partial charge in [0.2, 0.25) is 5.91 Å². The summed E-state index contributed by atoms with van der Waals surface area (Å²) >= 11 is 0. The van der Waals surface area contributed by atoms with Crippen molar-refractivity contribution < 1.29 is 23.9 Å². The lowest BCUT2D eigenvalue weighted by molar-refractivity contribution is -0.141. The summed E-state index contributed by atoms with van der Waals surface area (Å²) in [6.45, 7) is 15.6. The van der Waals surface area contributed by atoms with Crippen LogP contribution in [0.5, 0.6) is 5.75 Å². The van der Waals surface area contributed by atoms with Crippen LogP contribution < -0.4 is 15.4 Å². The average Bonchev–Trinajstić information content (AvgIpc) is 2.84. The highest BCUT2D eigenvalue weighted by Crippen LogP contribution is 2.28. The number of nitrogens with one attached hydrogen (secondary N) is 2. The molecule has 8 nitrogen and oxygen atoms in total. The quantitative estimate of drug-likeness (QED) is 0.356. The highest BCUT2D eigenvalue weighted by Gasteiger charge is 2.36. The van der Waals surface area contributed by atoms with Crippen LogP contribution in [0, 0.1) is 19.8 Å². The highest BCUT2D eigenvalue weighted by atomic mass is 16.6. The molecular weight excluding hydrogens is 494 g/mol. The van der Waals surface area contributed by atoms with Gasteiger partial charge in [-0.25, -0.2) is 4.79 Å². The van der Waals surface area contributed by atoms with Crippen LogP contribution in [0.2, 0.25) is 0 Å². The van der Waals surface area contributed by atoms with Gasteiger partial charge in [-0.05, 0) is 94.3 Å². The van der Waals surface area contributed by atoms with Gasteiger partial charge in [0.15, 0.2) is 0 Å². The van der Waals surface area contributed by atoms with E-state index in [4.69, 9.17) is 9.47 Å². The monoisotopic (exact) mass is 539 g/mol. The molecule has 0 bridgehead atoms. The third kappa shape index (κ3) is 9.61. The number of rotatable bonds is 11. The number of hydrogen-bond donors (Lipinski definition) is 2. The predicted octanol–water partition coefficient (Wildman–Crippen LogP) is 6.17. The summed E-state index contributed by atoms with van der Waals surface area (Å²) in [5.41, 5.74) is 2.68. The standard InChI is InChI=1S/C31H45N3O5/c1-10-17-34(29(36)26(18-20(2)3)33-30(37)39-31(6,7)8)27(23-12-11-21(4)22(5)19-23)28(35)32-24-13-15-25(38-9)16-14-24/h11-16,19-20,26-27H,10,17-18H2,1-9H3,(H,32,35)(H,33,37). The van der Waals surface area contributed by atoms with Gasteiger partial charge >= 0.3 is 6.09 Å². The zero-order valence-corrected chi connectivity index (χ0v) is 24.9. The Morgan fingerprint density at radius 2 is 1.62 bits per heavy atom. The van der Waals surface area contributed by atoms with Crippen molar-refractivity contribution in [2.45, 2.75) is 85.9 Å². The van der Waals surface area contributed by atoms with Crippen LogP contribution in [0.1, 0.15) is 77.1 Å². The molecule has 0 aliphatic rings. The molecule has 39 heavy (non-hydrogen) atoms. The van der Waals surface area contributed by atoms with Gasteiger partial charge in [0.1, 0.15) is 23.4 Å². The van der Waals surface area contributed by atoms with Crippen molar-refractivity contribution in [2.24, 2.45) is 5.92 Å². The van der Waals surface area contributed by atoms with E-state index < -0.39 is 23.8 Å². The fourth-order valence-corrected chi connectivity index (χ4v) is 4.24. The fourth-order valence-electron chi connectivity index (χ4n) is 4.24. The first-order valence-electron chi connectivity index (χ1n) is 13.6. The average molecular weight is 540 g/mol. The molecule has 0 aliphatic heterocycles. The van der Waals surface area contributed by atoms with E-state index in [1.54, 1.807) is 57.0 Å². The predicted molar refractivity (Wildman–Crippen MR) is 155 cm³/mol. The fraction of sp³-hybridized carbons (Fsp3) is 0.516. The lowest BCUT2D eigenvalue weighted by atomic mass is 9.96. The molecule has 2 atom stereocenters. The van der Waals surface area contributed by atoms with Crippen molar-refractivity contribution >= 4 is 23.6 Å². The molecule has 214 valence electrons. The molecule has 2 N–H and O–H groups in total. The van der Waals surface area contributed by atoms with Crippen molar-refractivity contribution in [3.8, 4) is 5.75 Å². The second-order valence-corrected chi connectivity index (χ2v) is 11.3. The number of benzene rings is 2. The second kappa shape index (κ2) is 14.0. The number of aryl methyl sites for hydroxylation is 2. The second-order valence-electron chi connectivity index (χ2n) is 11.3. The molecule has 3 amide bonds. The summed E-state index contributed by atoms with van der Waals surface area (Å²) < 4.78 is 10.7. The molecule has 2 aromatic rings. The molecule has 0 saturated carbocycles. The Labute approximate surface area is 233 Å². The molecule has 8 heteroatoms. The van der Waals surface area contributed by atoms with Crippen LogP contribution in [-0.4, -0.2) is 48.1 Å². The number of alkyl carbamates (subject to hydrolysis) is 1. The van der Waals surface area contributed by atoms with Crippen LogP contribution in [-0.2, 0) is 14.3 Å². The SMILES string of the molecule is CCCN(C(=O)C(CC(C)C)NC(=O)OC(C)(C)C)C(C(=O)Nc1ccc(OC)cc1)c1ccc(C)c(C)c1. The highest BCUT2D eigenvalue weighted by molar-refractivity contribution is 5.99. The summed E-state index contributed by atoms with van der Waals surface area (Å²) in [6.07, 6.45) is 0.366. The lowest BCUT2D eigenvalue weighted by Crippen LogP contribution is -2.53. The number of hydrogen-bond acceptors (Lipinski definition) is 5. The summed E-state index contributed by atoms with van der Waals surface area (Å²) in [7, 11) is 1.58. The zero-order valence-electron chi connectivity index (χ0n) is 24.9. The molecule has 0 heterocycles. The smallest absolute Gasteiger partial charge is 0.408 e. The summed E-state index contributed by atoms with van der Waals surface area (Å²) in [6, 6.07) is 11.1. The van der Waals surface area contributed by atoms with Gasteiger partial charge < -0.3 is 25.0 Å². The Balaban J connectivity index is 2.51. The van der Waals surface area contributed by atoms with Crippen molar-refractivity contribution in [3.63, 3.8) is 0 Å². The number of nitrogens with zero attached hydrogens (tertiary/aromatic N) is 1.